The van der Waals surface area contributed by atoms with Gasteiger partial charge in [0.05, 0.1) is 37.3 Å². The topological polar surface area (TPSA) is 117 Å². The summed E-state index contributed by atoms with van der Waals surface area (Å²) < 4.78 is 11.5. The molecule has 0 aromatic rings. The van der Waals surface area contributed by atoms with Gasteiger partial charge in [-0.2, -0.15) is 0 Å². The zero-order valence-electron chi connectivity index (χ0n) is 36.9. The van der Waals surface area contributed by atoms with Crippen LogP contribution in [-0.4, -0.2) is 83.8 Å². The van der Waals surface area contributed by atoms with Crippen LogP contribution in [0.5, 0.6) is 0 Å². The number of carbonyl (C=O) groups is 2. The van der Waals surface area contributed by atoms with Crippen LogP contribution in [0.2, 0.25) is 0 Å². The highest BCUT2D eigenvalue weighted by Gasteiger charge is 2.21. The first-order valence-corrected chi connectivity index (χ1v) is 23.8. The number of unbranched alkanes of at least 4 members (excludes halogenated alkanes) is 18. The van der Waals surface area contributed by atoms with Gasteiger partial charge in [-0.25, -0.2) is 0 Å². The lowest BCUT2D eigenvalue weighted by Crippen LogP contribution is -2.39. The maximum Gasteiger partial charge on any atom is 0.308 e. The van der Waals surface area contributed by atoms with Gasteiger partial charge in [-0.15, -0.1) is 0 Å². The quantitative estimate of drug-likeness (QED) is 0.0413. The molecule has 0 saturated carbocycles. The van der Waals surface area contributed by atoms with Crippen LogP contribution < -0.4 is 0 Å². The molecule has 0 rings (SSSR count). The van der Waals surface area contributed by atoms with Crippen molar-refractivity contribution in [2.75, 3.05) is 39.5 Å². The maximum atomic E-state index is 13.0. The molecule has 3 N–H and O–H groups in total. The Morgan fingerprint density at radius 2 is 0.745 bits per heavy atom. The standard InChI is InChI=1S/C47H93NO7/c1-5-9-13-17-19-23-32-42(30-21-15-11-7-3)46(52)54-38-27-25-34-44(50)40-48(36-29-37-49)41-45(51)35-26-28-39-55-47(53)43(31-22-16-12-8-4)33-24-20-18-14-10-6-2/h42-45,49-51H,5-41H2,1-4H3/t42?,43?,44-,45+. The minimum Gasteiger partial charge on any atom is -0.465 e. The number of aliphatic hydroxyl groups excluding tert-OH is 3. The summed E-state index contributed by atoms with van der Waals surface area (Å²) in [5.74, 6) is -0.0727. The molecule has 0 heterocycles. The number of hydrogen-bond donors (Lipinski definition) is 3. The molecule has 2 unspecified atom stereocenters. The molecule has 0 spiro atoms. The Bertz CT molecular complexity index is 765. The van der Waals surface area contributed by atoms with Crippen molar-refractivity contribution in [2.24, 2.45) is 11.8 Å². The third kappa shape index (κ3) is 34.5. The number of rotatable bonds is 43. The molecule has 0 aromatic heterocycles. The van der Waals surface area contributed by atoms with Crippen LogP contribution in [-0.2, 0) is 19.1 Å². The van der Waals surface area contributed by atoms with E-state index in [1.54, 1.807) is 0 Å². The van der Waals surface area contributed by atoms with E-state index < -0.39 is 12.2 Å². The molecule has 0 aliphatic rings. The van der Waals surface area contributed by atoms with Crippen molar-refractivity contribution in [3.8, 4) is 0 Å². The maximum absolute atomic E-state index is 13.0. The van der Waals surface area contributed by atoms with Crippen molar-refractivity contribution in [2.45, 2.75) is 239 Å². The monoisotopic (exact) mass is 784 g/mol. The van der Waals surface area contributed by atoms with Gasteiger partial charge in [0.1, 0.15) is 0 Å². The molecule has 4 atom stereocenters. The largest absolute Gasteiger partial charge is 0.465 e. The van der Waals surface area contributed by atoms with Gasteiger partial charge in [-0.1, -0.05) is 156 Å². The molecule has 0 aromatic carbocycles. The Hall–Kier alpha value is -1.22. The highest BCUT2D eigenvalue weighted by molar-refractivity contribution is 5.72. The van der Waals surface area contributed by atoms with Crippen LogP contribution in [0.1, 0.15) is 227 Å². The molecule has 328 valence electrons. The molecule has 0 bridgehead atoms. The number of esters is 2. The van der Waals surface area contributed by atoms with Crippen LogP contribution in [0.25, 0.3) is 0 Å². The van der Waals surface area contributed by atoms with E-state index in [0.717, 1.165) is 77.0 Å². The van der Waals surface area contributed by atoms with Gasteiger partial charge in [0.2, 0.25) is 0 Å². The smallest absolute Gasteiger partial charge is 0.308 e. The summed E-state index contributed by atoms with van der Waals surface area (Å²) in [5, 5.41) is 31.1. The molecule has 0 amide bonds. The summed E-state index contributed by atoms with van der Waals surface area (Å²) in [6.07, 6.45) is 31.5. The summed E-state index contributed by atoms with van der Waals surface area (Å²) in [6.45, 7) is 11.2. The predicted octanol–water partition coefficient (Wildman–Crippen LogP) is 11.5. The van der Waals surface area contributed by atoms with Crippen LogP contribution in [0, 0.1) is 11.8 Å². The van der Waals surface area contributed by atoms with Gasteiger partial charge in [-0.05, 0) is 70.6 Å². The van der Waals surface area contributed by atoms with E-state index in [1.165, 1.54) is 103 Å². The number of nitrogens with zero attached hydrogens (tertiary/aromatic N) is 1. The van der Waals surface area contributed by atoms with E-state index in [2.05, 4.69) is 27.7 Å². The van der Waals surface area contributed by atoms with E-state index in [-0.39, 0.29) is 30.4 Å². The van der Waals surface area contributed by atoms with Crippen molar-refractivity contribution in [3.63, 3.8) is 0 Å². The van der Waals surface area contributed by atoms with E-state index >= 15 is 0 Å². The molecule has 55 heavy (non-hydrogen) atoms. The van der Waals surface area contributed by atoms with Gasteiger partial charge in [0.15, 0.2) is 0 Å². The summed E-state index contributed by atoms with van der Waals surface area (Å²) >= 11 is 0. The zero-order chi connectivity index (χ0) is 40.6. The number of aliphatic hydroxyl groups is 3. The highest BCUT2D eigenvalue weighted by Crippen LogP contribution is 2.22. The average molecular weight is 784 g/mol. The molecular weight excluding hydrogens is 691 g/mol. The van der Waals surface area contributed by atoms with Crippen molar-refractivity contribution >= 4 is 11.9 Å². The number of carbonyl (C=O) groups excluding carboxylic acids is 2. The van der Waals surface area contributed by atoms with Crippen molar-refractivity contribution < 1.29 is 34.4 Å². The highest BCUT2D eigenvalue weighted by atomic mass is 16.5. The summed E-state index contributed by atoms with van der Waals surface area (Å²) in [6, 6.07) is 0. The fourth-order valence-electron chi connectivity index (χ4n) is 7.61. The lowest BCUT2D eigenvalue weighted by molar-refractivity contribution is -0.150. The summed E-state index contributed by atoms with van der Waals surface area (Å²) in [5.41, 5.74) is 0. The second-order valence-corrected chi connectivity index (χ2v) is 16.7. The summed E-state index contributed by atoms with van der Waals surface area (Å²) in [7, 11) is 0. The van der Waals surface area contributed by atoms with Gasteiger partial charge in [0.25, 0.3) is 0 Å². The van der Waals surface area contributed by atoms with Crippen molar-refractivity contribution in [3.05, 3.63) is 0 Å². The molecule has 8 heteroatoms. The van der Waals surface area contributed by atoms with Crippen LogP contribution >= 0.6 is 0 Å². The Morgan fingerprint density at radius 3 is 1.09 bits per heavy atom. The Labute approximate surface area is 340 Å². The van der Waals surface area contributed by atoms with E-state index in [9.17, 15) is 24.9 Å². The van der Waals surface area contributed by atoms with Gasteiger partial charge in [0, 0.05) is 26.2 Å². The van der Waals surface area contributed by atoms with Crippen LogP contribution in [0.3, 0.4) is 0 Å². The van der Waals surface area contributed by atoms with Crippen LogP contribution in [0.4, 0.5) is 0 Å². The molecule has 0 aliphatic heterocycles. The van der Waals surface area contributed by atoms with E-state index in [0.29, 0.717) is 52.1 Å². The van der Waals surface area contributed by atoms with Crippen molar-refractivity contribution in [1.29, 1.82) is 0 Å². The number of hydrogen-bond acceptors (Lipinski definition) is 8. The fraction of sp³-hybridized carbons (Fsp3) is 0.957. The number of ether oxygens (including phenoxy) is 2. The normalized spacial score (nSPS) is 13.9. The zero-order valence-corrected chi connectivity index (χ0v) is 36.9. The second kappa shape index (κ2) is 41.0. The Balaban J connectivity index is 4.53. The Morgan fingerprint density at radius 1 is 0.436 bits per heavy atom. The molecule has 0 radical (unpaired) electrons. The predicted molar refractivity (Wildman–Crippen MR) is 230 cm³/mol. The van der Waals surface area contributed by atoms with Crippen molar-refractivity contribution in [1.82, 2.24) is 4.90 Å². The third-order valence-corrected chi connectivity index (χ3v) is 11.2. The lowest BCUT2D eigenvalue weighted by atomic mass is 9.94. The van der Waals surface area contributed by atoms with Crippen LogP contribution in [0.15, 0.2) is 0 Å². The van der Waals surface area contributed by atoms with E-state index in [1.807, 2.05) is 4.90 Å². The lowest BCUT2D eigenvalue weighted by Gasteiger charge is -2.27. The molecule has 8 nitrogen and oxygen atoms in total. The first-order chi connectivity index (χ1) is 26.8. The first-order valence-electron chi connectivity index (χ1n) is 23.8. The molecule has 0 aliphatic carbocycles. The second-order valence-electron chi connectivity index (χ2n) is 16.7. The van der Waals surface area contributed by atoms with Gasteiger partial charge < -0.3 is 24.8 Å². The fourth-order valence-corrected chi connectivity index (χ4v) is 7.61. The average Bonchev–Trinajstić information content (AvgIpc) is 3.17. The van der Waals surface area contributed by atoms with Gasteiger partial charge in [-0.3, -0.25) is 14.5 Å². The van der Waals surface area contributed by atoms with Gasteiger partial charge >= 0.3 is 11.9 Å². The first kappa shape index (κ1) is 53.8. The minimum atomic E-state index is -0.550. The molecule has 0 saturated heterocycles. The summed E-state index contributed by atoms with van der Waals surface area (Å²) in [4.78, 5) is 28.0. The third-order valence-electron chi connectivity index (χ3n) is 11.2. The Kier molecular flexibility index (Phi) is 40.0. The SMILES string of the molecule is CCCCCCCCC(CCCCCC)C(=O)OCCCC[C@@H](O)CN(CCCO)C[C@@H](O)CCCCOC(=O)C(CCCCCC)CCCCCCCC. The molecular formula is C47H93NO7. The molecule has 0 fully saturated rings. The minimum absolute atomic E-state index is 0.00679. The van der Waals surface area contributed by atoms with E-state index in [4.69, 9.17) is 9.47 Å².